The second-order valence-electron chi connectivity index (χ2n) is 8.52. The predicted octanol–water partition coefficient (Wildman–Crippen LogP) is 3.59. The molecule has 0 amide bonds. The van der Waals surface area contributed by atoms with Crippen molar-refractivity contribution < 1.29 is 12.6 Å². The SMILES string of the molecule is C[C@H]1CC[C@@H]2C(C)(C)C[C@@]3(C)CC[C@H](OS(C)(=O)=O)[C@]213. The number of hydrogen-bond acceptors (Lipinski definition) is 3. The van der Waals surface area contributed by atoms with Crippen molar-refractivity contribution in [2.24, 2.45) is 28.1 Å². The molecule has 4 heteroatoms. The summed E-state index contributed by atoms with van der Waals surface area (Å²) in [7, 11) is -3.38. The number of hydrogen-bond donors (Lipinski definition) is 0. The largest absolute Gasteiger partial charge is 0.266 e. The monoisotopic (exact) mass is 300 g/mol. The first-order chi connectivity index (χ1) is 9.03. The highest BCUT2D eigenvalue weighted by Gasteiger charge is 2.74. The summed E-state index contributed by atoms with van der Waals surface area (Å²) in [5.41, 5.74) is 0.616. The third-order valence-electron chi connectivity index (χ3n) is 6.90. The van der Waals surface area contributed by atoms with Crippen LogP contribution >= 0.6 is 0 Å². The van der Waals surface area contributed by atoms with Crippen LogP contribution in [0.2, 0.25) is 0 Å². The van der Waals surface area contributed by atoms with Gasteiger partial charge in [0.15, 0.2) is 0 Å². The van der Waals surface area contributed by atoms with Gasteiger partial charge in [0.05, 0.1) is 12.4 Å². The van der Waals surface area contributed by atoms with Crippen LogP contribution in [0.25, 0.3) is 0 Å². The molecule has 3 rings (SSSR count). The van der Waals surface area contributed by atoms with E-state index in [1.165, 1.54) is 25.5 Å². The lowest BCUT2D eigenvalue weighted by Gasteiger charge is -2.46. The van der Waals surface area contributed by atoms with Crippen molar-refractivity contribution in [3.63, 3.8) is 0 Å². The fraction of sp³-hybridized carbons (Fsp3) is 1.00. The zero-order valence-corrected chi connectivity index (χ0v) is 14.2. The Kier molecular flexibility index (Phi) is 2.97. The van der Waals surface area contributed by atoms with Crippen LogP contribution in [0.1, 0.15) is 59.8 Å². The van der Waals surface area contributed by atoms with Gasteiger partial charge in [-0.1, -0.05) is 27.7 Å². The third kappa shape index (κ3) is 1.70. The summed E-state index contributed by atoms with van der Waals surface area (Å²) in [6, 6.07) is 0. The quantitative estimate of drug-likeness (QED) is 0.732. The van der Waals surface area contributed by atoms with Crippen LogP contribution in [0.3, 0.4) is 0 Å². The van der Waals surface area contributed by atoms with Crippen LogP contribution in [0, 0.1) is 28.1 Å². The lowest BCUT2D eigenvalue weighted by atomic mass is 9.61. The van der Waals surface area contributed by atoms with Crippen LogP contribution < -0.4 is 0 Å². The Morgan fingerprint density at radius 1 is 1.10 bits per heavy atom. The van der Waals surface area contributed by atoms with Gasteiger partial charge in [-0.25, -0.2) is 0 Å². The van der Waals surface area contributed by atoms with E-state index >= 15 is 0 Å². The molecular formula is C16H28O3S. The van der Waals surface area contributed by atoms with Gasteiger partial charge >= 0.3 is 0 Å². The first-order valence-electron chi connectivity index (χ1n) is 7.91. The van der Waals surface area contributed by atoms with Crippen LogP contribution in [-0.4, -0.2) is 20.8 Å². The van der Waals surface area contributed by atoms with Gasteiger partial charge in [0.2, 0.25) is 0 Å². The van der Waals surface area contributed by atoms with Crippen molar-refractivity contribution in [3.05, 3.63) is 0 Å². The van der Waals surface area contributed by atoms with E-state index in [4.69, 9.17) is 4.18 Å². The van der Waals surface area contributed by atoms with Gasteiger partial charge in [-0.2, -0.15) is 8.42 Å². The molecule has 0 heterocycles. The van der Waals surface area contributed by atoms with E-state index in [2.05, 4.69) is 27.7 Å². The Bertz CT molecular complexity index is 524. The summed E-state index contributed by atoms with van der Waals surface area (Å²) in [6.07, 6.45) is 6.76. The average molecular weight is 300 g/mol. The number of rotatable bonds is 2. The Morgan fingerprint density at radius 2 is 1.75 bits per heavy atom. The molecular weight excluding hydrogens is 272 g/mol. The summed E-state index contributed by atoms with van der Waals surface area (Å²) in [6.45, 7) is 9.46. The zero-order chi connectivity index (χ0) is 15.0. The van der Waals surface area contributed by atoms with Crippen molar-refractivity contribution in [1.82, 2.24) is 0 Å². The minimum Gasteiger partial charge on any atom is -0.266 e. The van der Waals surface area contributed by atoms with E-state index in [9.17, 15) is 8.42 Å². The van der Waals surface area contributed by atoms with Gasteiger partial charge in [-0.3, -0.25) is 4.18 Å². The fourth-order valence-electron chi connectivity index (χ4n) is 6.83. The molecule has 0 bridgehead atoms. The molecule has 0 aromatic carbocycles. The maximum absolute atomic E-state index is 11.7. The minimum atomic E-state index is -3.38. The third-order valence-corrected chi connectivity index (χ3v) is 7.48. The Hall–Kier alpha value is -0.0900. The molecule has 0 N–H and O–H groups in total. The van der Waals surface area contributed by atoms with Crippen LogP contribution in [0.15, 0.2) is 0 Å². The second-order valence-corrected chi connectivity index (χ2v) is 10.1. The Balaban J connectivity index is 2.10. The lowest BCUT2D eigenvalue weighted by molar-refractivity contribution is -0.0356. The standard InChI is InChI=1S/C16H28O3S/c1-11-6-7-12-14(2,3)10-15(4)9-8-13(16(11,12)15)19-20(5,17)18/h11-13H,6-10H2,1-5H3/t11-,12+,13-,15+,16+/m0/s1. The molecule has 1 spiro atoms. The predicted molar refractivity (Wildman–Crippen MR) is 79.8 cm³/mol. The normalized spacial score (nSPS) is 50.1. The molecule has 116 valence electrons. The highest BCUT2D eigenvalue weighted by molar-refractivity contribution is 7.86. The summed E-state index contributed by atoms with van der Waals surface area (Å²) in [4.78, 5) is 0. The first kappa shape index (κ1) is 14.8. The van der Waals surface area contributed by atoms with Crippen molar-refractivity contribution in [3.8, 4) is 0 Å². The van der Waals surface area contributed by atoms with Crippen LogP contribution in [0.4, 0.5) is 0 Å². The lowest BCUT2D eigenvalue weighted by Crippen LogP contribution is -2.47. The maximum atomic E-state index is 11.7. The zero-order valence-electron chi connectivity index (χ0n) is 13.4. The van der Waals surface area contributed by atoms with Gasteiger partial charge < -0.3 is 0 Å². The van der Waals surface area contributed by atoms with Gasteiger partial charge in [0.1, 0.15) is 0 Å². The van der Waals surface area contributed by atoms with Gasteiger partial charge in [0, 0.05) is 5.41 Å². The van der Waals surface area contributed by atoms with E-state index < -0.39 is 10.1 Å². The van der Waals surface area contributed by atoms with Gasteiger partial charge in [-0.05, 0) is 54.8 Å². The molecule has 5 atom stereocenters. The molecule has 3 saturated carbocycles. The summed E-state index contributed by atoms with van der Waals surface area (Å²) in [5.74, 6) is 1.16. The van der Waals surface area contributed by atoms with E-state index in [1.54, 1.807) is 0 Å². The van der Waals surface area contributed by atoms with E-state index in [1.807, 2.05) is 0 Å². The summed E-state index contributed by atoms with van der Waals surface area (Å²) < 4.78 is 29.0. The molecule has 3 nitrogen and oxygen atoms in total. The van der Waals surface area contributed by atoms with Gasteiger partial charge in [-0.15, -0.1) is 0 Å². The molecule has 0 radical (unpaired) electrons. The van der Waals surface area contributed by atoms with E-state index in [-0.39, 0.29) is 16.9 Å². The van der Waals surface area contributed by atoms with Crippen molar-refractivity contribution in [1.29, 1.82) is 0 Å². The maximum Gasteiger partial charge on any atom is 0.264 e. The average Bonchev–Trinajstić information content (AvgIpc) is 2.77. The second kappa shape index (κ2) is 4.01. The van der Waals surface area contributed by atoms with Gasteiger partial charge in [0.25, 0.3) is 10.1 Å². The van der Waals surface area contributed by atoms with Crippen molar-refractivity contribution in [2.75, 3.05) is 6.26 Å². The van der Waals surface area contributed by atoms with E-state index in [0.717, 1.165) is 12.8 Å². The molecule has 0 saturated heterocycles. The summed E-state index contributed by atoms with van der Waals surface area (Å²) in [5, 5.41) is 0. The Morgan fingerprint density at radius 3 is 2.35 bits per heavy atom. The molecule has 3 fully saturated rings. The highest BCUT2D eigenvalue weighted by Crippen LogP contribution is 2.78. The fourth-order valence-corrected chi connectivity index (χ4v) is 7.51. The Labute approximate surface area is 123 Å². The molecule has 3 aliphatic carbocycles. The first-order valence-corrected chi connectivity index (χ1v) is 9.73. The van der Waals surface area contributed by atoms with Crippen LogP contribution in [-0.2, 0) is 14.3 Å². The topological polar surface area (TPSA) is 43.4 Å². The molecule has 0 unspecified atom stereocenters. The van der Waals surface area contributed by atoms with E-state index in [0.29, 0.717) is 17.3 Å². The smallest absolute Gasteiger partial charge is 0.264 e. The van der Waals surface area contributed by atoms with Crippen molar-refractivity contribution in [2.45, 2.75) is 65.9 Å². The molecule has 20 heavy (non-hydrogen) atoms. The minimum absolute atomic E-state index is 0.0690. The molecule has 3 aliphatic rings. The molecule has 0 aliphatic heterocycles. The molecule has 0 aromatic heterocycles. The summed E-state index contributed by atoms with van der Waals surface area (Å²) >= 11 is 0. The van der Waals surface area contributed by atoms with Crippen molar-refractivity contribution >= 4 is 10.1 Å². The highest BCUT2D eigenvalue weighted by atomic mass is 32.2. The molecule has 0 aromatic rings. The van der Waals surface area contributed by atoms with Crippen LogP contribution in [0.5, 0.6) is 0 Å².